The molecule has 6 heteroatoms. The van der Waals surface area contributed by atoms with Gasteiger partial charge >= 0.3 is 0 Å². The molecular formula is C20H30F2N4. The smallest absolute Gasteiger partial charge is 0.194 e. The summed E-state index contributed by atoms with van der Waals surface area (Å²) in [5.74, 6) is 0.625. The van der Waals surface area contributed by atoms with Crippen molar-refractivity contribution in [3.05, 3.63) is 35.4 Å². The van der Waals surface area contributed by atoms with Gasteiger partial charge in [-0.1, -0.05) is 6.42 Å². The number of nitrogens with one attached hydrogen (secondary N) is 1. The Hall–Kier alpha value is -1.69. The van der Waals surface area contributed by atoms with Crippen molar-refractivity contribution in [3.63, 3.8) is 0 Å². The first-order valence-electron chi connectivity index (χ1n) is 9.85. The van der Waals surface area contributed by atoms with Gasteiger partial charge in [-0.15, -0.1) is 0 Å². The second-order valence-corrected chi connectivity index (χ2v) is 7.37. The minimum atomic E-state index is -0.427. The number of halogens is 2. The summed E-state index contributed by atoms with van der Waals surface area (Å²) in [5, 5.41) is 3.30. The van der Waals surface area contributed by atoms with Crippen LogP contribution in [0.15, 0.2) is 23.2 Å². The predicted molar refractivity (Wildman–Crippen MR) is 101 cm³/mol. The van der Waals surface area contributed by atoms with Crippen LogP contribution in [0.3, 0.4) is 0 Å². The highest BCUT2D eigenvalue weighted by atomic mass is 19.1. The van der Waals surface area contributed by atoms with E-state index in [1.54, 1.807) is 0 Å². The number of nitrogens with zero attached hydrogens (tertiary/aromatic N) is 3. The van der Waals surface area contributed by atoms with E-state index in [1.165, 1.54) is 38.4 Å². The van der Waals surface area contributed by atoms with Crippen LogP contribution in [-0.4, -0.2) is 55.0 Å². The van der Waals surface area contributed by atoms with E-state index >= 15 is 0 Å². The number of aliphatic imine (C=N–C) groups is 1. The molecule has 26 heavy (non-hydrogen) atoms. The highest BCUT2D eigenvalue weighted by Gasteiger charge is 2.27. The fourth-order valence-electron chi connectivity index (χ4n) is 3.93. The van der Waals surface area contributed by atoms with Crippen LogP contribution in [0, 0.1) is 17.6 Å². The van der Waals surface area contributed by atoms with Crippen LogP contribution < -0.4 is 5.32 Å². The number of guanidine groups is 1. The molecule has 4 nitrogen and oxygen atoms in total. The van der Waals surface area contributed by atoms with Crippen LogP contribution in [0.5, 0.6) is 0 Å². The maximum absolute atomic E-state index is 13.8. The van der Waals surface area contributed by atoms with Crippen molar-refractivity contribution in [1.82, 2.24) is 15.1 Å². The van der Waals surface area contributed by atoms with E-state index in [-0.39, 0.29) is 6.54 Å². The molecule has 1 aromatic carbocycles. The third kappa shape index (κ3) is 5.16. The Morgan fingerprint density at radius 1 is 1.19 bits per heavy atom. The number of likely N-dealkylation sites (tertiary alicyclic amines) is 2. The number of hydrogen-bond donors (Lipinski definition) is 1. The number of rotatable bonds is 5. The van der Waals surface area contributed by atoms with Gasteiger partial charge in [0.1, 0.15) is 11.6 Å². The molecule has 1 aromatic rings. The Kier molecular flexibility index (Phi) is 6.83. The second-order valence-electron chi connectivity index (χ2n) is 7.37. The molecule has 2 saturated heterocycles. The Balaban J connectivity index is 1.59. The monoisotopic (exact) mass is 364 g/mol. The highest BCUT2D eigenvalue weighted by molar-refractivity contribution is 5.80. The number of piperidine rings is 1. The summed E-state index contributed by atoms with van der Waals surface area (Å²) in [4.78, 5) is 9.41. The van der Waals surface area contributed by atoms with Crippen molar-refractivity contribution < 1.29 is 8.78 Å². The van der Waals surface area contributed by atoms with Crippen molar-refractivity contribution >= 4 is 5.96 Å². The second kappa shape index (κ2) is 9.31. The summed E-state index contributed by atoms with van der Waals surface area (Å²) >= 11 is 0. The highest BCUT2D eigenvalue weighted by Crippen LogP contribution is 2.20. The van der Waals surface area contributed by atoms with Crippen LogP contribution in [-0.2, 0) is 6.54 Å². The summed E-state index contributed by atoms with van der Waals surface area (Å²) in [6.45, 7) is 8.50. The van der Waals surface area contributed by atoms with Crippen LogP contribution >= 0.6 is 0 Å². The fraction of sp³-hybridized carbons (Fsp3) is 0.650. The maximum atomic E-state index is 13.8. The quantitative estimate of drug-likeness (QED) is 0.643. The molecule has 2 aliphatic heterocycles. The van der Waals surface area contributed by atoms with E-state index in [9.17, 15) is 8.78 Å². The van der Waals surface area contributed by atoms with Crippen molar-refractivity contribution in [2.24, 2.45) is 10.9 Å². The zero-order chi connectivity index (χ0) is 18.4. The van der Waals surface area contributed by atoms with Gasteiger partial charge in [0.2, 0.25) is 0 Å². The molecule has 2 fully saturated rings. The van der Waals surface area contributed by atoms with Crippen molar-refractivity contribution in [2.45, 2.75) is 39.2 Å². The summed E-state index contributed by atoms with van der Waals surface area (Å²) in [5.41, 5.74) is 0.296. The third-order valence-corrected chi connectivity index (χ3v) is 5.29. The first-order chi connectivity index (χ1) is 12.7. The molecule has 0 aliphatic carbocycles. The lowest BCUT2D eigenvalue weighted by Gasteiger charge is -2.29. The summed E-state index contributed by atoms with van der Waals surface area (Å²) < 4.78 is 27.2. The van der Waals surface area contributed by atoms with Gasteiger partial charge < -0.3 is 15.1 Å². The molecule has 1 unspecified atom stereocenters. The van der Waals surface area contributed by atoms with E-state index in [0.717, 1.165) is 50.7 Å². The van der Waals surface area contributed by atoms with Crippen LogP contribution in [0.2, 0.25) is 0 Å². The van der Waals surface area contributed by atoms with Crippen molar-refractivity contribution in [2.75, 3.05) is 39.3 Å². The van der Waals surface area contributed by atoms with Gasteiger partial charge in [-0.05, 0) is 63.4 Å². The van der Waals surface area contributed by atoms with E-state index in [1.807, 2.05) is 6.92 Å². The lowest BCUT2D eigenvalue weighted by molar-refractivity contribution is 0.198. The molecule has 0 spiro atoms. The van der Waals surface area contributed by atoms with Crippen LogP contribution in [0.4, 0.5) is 8.78 Å². The summed E-state index contributed by atoms with van der Waals surface area (Å²) in [6, 6.07) is 3.53. The van der Waals surface area contributed by atoms with Gasteiger partial charge in [-0.25, -0.2) is 13.8 Å². The molecule has 2 heterocycles. The van der Waals surface area contributed by atoms with Gasteiger partial charge in [0, 0.05) is 31.7 Å². The minimum absolute atomic E-state index is 0.152. The van der Waals surface area contributed by atoms with Gasteiger partial charge in [-0.2, -0.15) is 0 Å². The van der Waals surface area contributed by atoms with Gasteiger partial charge in [0.05, 0.1) is 6.54 Å². The number of hydrogen-bond acceptors (Lipinski definition) is 2. The van der Waals surface area contributed by atoms with Gasteiger partial charge in [0.25, 0.3) is 0 Å². The Morgan fingerprint density at radius 2 is 2.00 bits per heavy atom. The van der Waals surface area contributed by atoms with E-state index in [4.69, 9.17) is 0 Å². The summed E-state index contributed by atoms with van der Waals surface area (Å²) in [6.07, 6.45) is 5.16. The molecule has 3 rings (SSSR count). The van der Waals surface area contributed by atoms with Gasteiger partial charge in [0.15, 0.2) is 5.96 Å². The molecule has 0 amide bonds. The van der Waals surface area contributed by atoms with Crippen LogP contribution in [0.25, 0.3) is 0 Å². The van der Waals surface area contributed by atoms with E-state index in [0.29, 0.717) is 11.5 Å². The molecule has 0 saturated carbocycles. The van der Waals surface area contributed by atoms with Crippen molar-refractivity contribution in [3.8, 4) is 0 Å². The molecule has 1 atom stereocenters. The topological polar surface area (TPSA) is 30.9 Å². The predicted octanol–water partition coefficient (Wildman–Crippen LogP) is 3.24. The average Bonchev–Trinajstić information content (AvgIpc) is 3.10. The Morgan fingerprint density at radius 3 is 2.77 bits per heavy atom. The molecule has 0 radical (unpaired) electrons. The first kappa shape index (κ1) is 19.1. The largest absolute Gasteiger partial charge is 0.357 e. The van der Waals surface area contributed by atoms with E-state index in [2.05, 4.69) is 20.1 Å². The Labute approximate surface area is 155 Å². The standard InChI is InChI=1S/C20H30F2N4/c1-2-23-20(24-13-17-12-18(21)6-7-19(17)22)26-11-8-16(15-26)14-25-9-4-3-5-10-25/h6-7,12,16H,2-5,8-11,13-15H2,1H3,(H,23,24). The molecule has 1 N–H and O–H groups in total. The lowest BCUT2D eigenvalue weighted by atomic mass is 10.1. The number of benzene rings is 1. The molecular weight excluding hydrogens is 334 g/mol. The van der Waals surface area contributed by atoms with Gasteiger partial charge in [-0.3, -0.25) is 0 Å². The fourth-order valence-corrected chi connectivity index (χ4v) is 3.93. The van der Waals surface area contributed by atoms with Crippen molar-refractivity contribution in [1.29, 1.82) is 0 Å². The molecule has 2 aliphatic rings. The SMILES string of the molecule is CCNC(=NCc1cc(F)ccc1F)N1CCC(CN2CCCCC2)C1. The average molecular weight is 364 g/mol. The lowest BCUT2D eigenvalue weighted by Crippen LogP contribution is -2.41. The Bertz CT molecular complexity index is 614. The van der Waals surface area contributed by atoms with Crippen LogP contribution in [0.1, 0.15) is 38.2 Å². The summed E-state index contributed by atoms with van der Waals surface area (Å²) in [7, 11) is 0. The third-order valence-electron chi connectivity index (χ3n) is 5.29. The maximum Gasteiger partial charge on any atom is 0.194 e. The van der Waals surface area contributed by atoms with E-state index < -0.39 is 11.6 Å². The normalized spacial score (nSPS) is 22.0. The first-order valence-corrected chi connectivity index (χ1v) is 9.85. The molecule has 0 aromatic heterocycles. The zero-order valence-corrected chi connectivity index (χ0v) is 15.7. The molecule has 144 valence electrons. The zero-order valence-electron chi connectivity index (χ0n) is 15.7. The molecule has 0 bridgehead atoms. The minimum Gasteiger partial charge on any atom is -0.357 e.